The third-order valence-corrected chi connectivity index (χ3v) is 4.49. The predicted octanol–water partition coefficient (Wildman–Crippen LogP) is 2.22. The summed E-state index contributed by atoms with van der Waals surface area (Å²) in [6.07, 6.45) is 0.776. The molecule has 2 heterocycles. The van der Waals surface area contributed by atoms with Crippen LogP contribution in [0.25, 0.3) is 0 Å². The van der Waals surface area contributed by atoms with Crippen LogP contribution in [0.1, 0.15) is 42.2 Å². The van der Waals surface area contributed by atoms with E-state index in [0.29, 0.717) is 10.7 Å². The van der Waals surface area contributed by atoms with Gasteiger partial charge in [0.15, 0.2) is 10.8 Å². The first-order valence-corrected chi connectivity index (χ1v) is 7.38. The third kappa shape index (κ3) is 2.14. The highest BCUT2D eigenvalue weighted by atomic mass is 32.1. The summed E-state index contributed by atoms with van der Waals surface area (Å²) in [7, 11) is 1.38. The van der Waals surface area contributed by atoms with Gasteiger partial charge in [-0.1, -0.05) is 0 Å². The van der Waals surface area contributed by atoms with E-state index in [4.69, 9.17) is 21.7 Å². The number of ether oxygens (including phenoxy) is 2. The molecule has 1 fully saturated rings. The maximum Gasteiger partial charge on any atom is 0.337 e. The Balaban J connectivity index is 2.03. The van der Waals surface area contributed by atoms with Crippen molar-refractivity contribution in [3.8, 4) is 5.75 Å². The second-order valence-corrected chi connectivity index (χ2v) is 5.86. The highest BCUT2D eigenvalue weighted by molar-refractivity contribution is 7.80. The number of carbonyl (C=O) groups is 1. The van der Waals surface area contributed by atoms with Gasteiger partial charge in [-0.15, -0.1) is 0 Å². The van der Waals surface area contributed by atoms with Crippen molar-refractivity contribution in [3.05, 3.63) is 29.3 Å². The first-order chi connectivity index (χ1) is 9.98. The fourth-order valence-corrected chi connectivity index (χ4v) is 3.60. The highest BCUT2D eigenvalue weighted by Crippen LogP contribution is 2.44. The van der Waals surface area contributed by atoms with E-state index in [-0.39, 0.29) is 12.0 Å². The van der Waals surface area contributed by atoms with Gasteiger partial charge in [-0.2, -0.15) is 0 Å². The lowest BCUT2D eigenvalue weighted by molar-refractivity contribution is -0.0658. The van der Waals surface area contributed by atoms with Gasteiger partial charge in [0.25, 0.3) is 0 Å². The van der Waals surface area contributed by atoms with E-state index in [9.17, 15) is 4.79 Å². The Bertz CT molecular complexity index is 619. The molecule has 112 valence electrons. The Hall–Kier alpha value is -1.82. The maximum atomic E-state index is 11.7. The lowest BCUT2D eigenvalue weighted by Crippen LogP contribution is -2.64. The molecule has 1 saturated heterocycles. The molecule has 0 unspecified atom stereocenters. The molecule has 1 aromatic carbocycles. The fourth-order valence-electron chi connectivity index (χ4n) is 3.14. The van der Waals surface area contributed by atoms with Crippen LogP contribution in [-0.2, 0) is 4.74 Å². The van der Waals surface area contributed by atoms with Crippen LogP contribution in [0, 0.1) is 0 Å². The van der Waals surface area contributed by atoms with Crippen LogP contribution in [0.5, 0.6) is 5.75 Å². The van der Waals surface area contributed by atoms with Gasteiger partial charge in [0.1, 0.15) is 5.75 Å². The summed E-state index contributed by atoms with van der Waals surface area (Å²) in [6, 6.07) is 5.43. The van der Waals surface area contributed by atoms with E-state index in [1.165, 1.54) is 7.11 Å². The van der Waals surface area contributed by atoms with E-state index in [1.54, 1.807) is 6.07 Å². The number of thiocarbonyl (C=S) groups is 1. The Morgan fingerprint density at radius 1 is 1.62 bits per heavy atom. The Morgan fingerprint density at radius 2 is 2.38 bits per heavy atom. The minimum absolute atomic E-state index is 0.0543. The van der Waals surface area contributed by atoms with Crippen molar-refractivity contribution in [2.45, 2.75) is 32.0 Å². The van der Waals surface area contributed by atoms with Crippen molar-refractivity contribution in [2.24, 2.45) is 0 Å². The first kappa shape index (κ1) is 14.1. The van der Waals surface area contributed by atoms with Crippen molar-refractivity contribution in [3.63, 3.8) is 0 Å². The summed E-state index contributed by atoms with van der Waals surface area (Å²) in [6.45, 7) is 4.89. The maximum absolute atomic E-state index is 11.7. The lowest BCUT2D eigenvalue weighted by atomic mass is 9.89. The SMILES string of the molecule is CCN1C(=S)N[C@H]2C[C@@]1(C)Oc1ccc(C(=O)OC)cc12. The van der Waals surface area contributed by atoms with Crippen molar-refractivity contribution in [1.82, 2.24) is 10.2 Å². The summed E-state index contributed by atoms with van der Waals surface area (Å²) >= 11 is 5.43. The van der Waals surface area contributed by atoms with E-state index < -0.39 is 5.72 Å². The monoisotopic (exact) mass is 306 g/mol. The number of rotatable bonds is 2. The van der Waals surface area contributed by atoms with E-state index in [0.717, 1.165) is 24.3 Å². The van der Waals surface area contributed by atoms with Gasteiger partial charge in [-0.3, -0.25) is 0 Å². The zero-order valence-corrected chi connectivity index (χ0v) is 13.1. The van der Waals surface area contributed by atoms with Crippen molar-refractivity contribution in [1.29, 1.82) is 0 Å². The molecule has 21 heavy (non-hydrogen) atoms. The molecular weight excluding hydrogens is 288 g/mol. The molecule has 0 aromatic heterocycles. The number of methoxy groups -OCH3 is 1. The molecule has 1 N–H and O–H groups in total. The normalized spacial score (nSPS) is 26.5. The molecule has 1 aromatic rings. The molecule has 0 saturated carbocycles. The molecular formula is C15H18N2O3S. The molecule has 0 radical (unpaired) electrons. The van der Waals surface area contributed by atoms with Gasteiger partial charge in [0.05, 0.1) is 18.7 Å². The van der Waals surface area contributed by atoms with Crippen LogP contribution in [0.4, 0.5) is 0 Å². The van der Waals surface area contributed by atoms with Crippen molar-refractivity contribution < 1.29 is 14.3 Å². The molecule has 6 heteroatoms. The molecule has 2 aliphatic rings. The number of benzene rings is 1. The number of hydrogen-bond donors (Lipinski definition) is 1. The second-order valence-electron chi connectivity index (χ2n) is 5.47. The summed E-state index contributed by atoms with van der Waals surface area (Å²) < 4.78 is 11.0. The van der Waals surface area contributed by atoms with Crippen LogP contribution in [-0.4, -0.2) is 35.4 Å². The standard InChI is InChI=1S/C15H18N2O3S/c1-4-17-14(21)16-11-8-15(17,2)20-12-6-5-9(7-10(11)12)13(18)19-3/h5-7,11H,4,8H2,1-3H3,(H,16,21)/t11-,15+/m0/s1. The quantitative estimate of drug-likeness (QED) is 0.668. The Kier molecular flexibility index (Phi) is 3.28. The van der Waals surface area contributed by atoms with Gasteiger partial charge >= 0.3 is 5.97 Å². The van der Waals surface area contributed by atoms with Crippen LogP contribution >= 0.6 is 12.2 Å². The number of nitrogens with one attached hydrogen (secondary N) is 1. The largest absolute Gasteiger partial charge is 0.468 e. The van der Waals surface area contributed by atoms with Crippen LogP contribution in [0.2, 0.25) is 0 Å². The van der Waals surface area contributed by atoms with Crippen LogP contribution < -0.4 is 10.1 Å². The van der Waals surface area contributed by atoms with E-state index >= 15 is 0 Å². The minimum atomic E-state index is -0.443. The summed E-state index contributed by atoms with van der Waals surface area (Å²) in [5, 5.41) is 4.03. The zero-order valence-electron chi connectivity index (χ0n) is 12.3. The second kappa shape index (κ2) is 4.87. The number of hydrogen-bond acceptors (Lipinski definition) is 4. The summed E-state index contributed by atoms with van der Waals surface area (Å²) in [5.41, 5.74) is 1.03. The minimum Gasteiger partial charge on any atom is -0.468 e. The van der Waals surface area contributed by atoms with Crippen LogP contribution in [0.3, 0.4) is 0 Å². The van der Waals surface area contributed by atoms with Crippen molar-refractivity contribution >= 4 is 23.3 Å². The summed E-state index contributed by atoms with van der Waals surface area (Å²) in [4.78, 5) is 13.7. The first-order valence-electron chi connectivity index (χ1n) is 6.98. The van der Waals surface area contributed by atoms with Gasteiger partial charge in [-0.25, -0.2) is 4.79 Å². The smallest absolute Gasteiger partial charge is 0.337 e. The molecule has 0 aliphatic carbocycles. The molecule has 2 atom stereocenters. The predicted molar refractivity (Wildman–Crippen MR) is 82.3 cm³/mol. The highest BCUT2D eigenvalue weighted by Gasteiger charge is 2.46. The average Bonchev–Trinajstić information content (AvgIpc) is 2.45. The van der Waals surface area contributed by atoms with Gasteiger partial charge in [0.2, 0.25) is 0 Å². The molecule has 2 bridgehead atoms. The fraction of sp³-hybridized carbons (Fsp3) is 0.467. The number of carbonyl (C=O) groups excluding carboxylic acids is 1. The van der Waals surface area contributed by atoms with Gasteiger partial charge in [-0.05, 0) is 44.3 Å². The lowest BCUT2D eigenvalue weighted by Gasteiger charge is -2.52. The van der Waals surface area contributed by atoms with Crippen LogP contribution in [0.15, 0.2) is 18.2 Å². The van der Waals surface area contributed by atoms with Gasteiger partial charge in [0, 0.05) is 18.5 Å². The molecule has 5 nitrogen and oxygen atoms in total. The van der Waals surface area contributed by atoms with E-state index in [2.05, 4.69) is 17.1 Å². The Labute approximate surface area is 129 Å². The van der Waals surface area contributed by atoms with Gasteiger partial charge < -0.3 is 19.7 Å². The van der Waals surface area contributed by atoms with E-state index in [1.807, 2.05) is 19.1 Å². The molecule has 3 rings (SSSR count). The average molecular weight is 306 g/mol. The number of fused-ring (bicyclic) bond motifs is 4. The topological polar surface area (TPSA) is 50.8 Å². The van der Waals surface area contributed by atoms with Crippen molar-refractivity contribution in [2.75, 3.05) is 13.7 Å². The molecule has 2 aliphatic heterocycles. The summed E-state index contributed by atoms with van der Waals surface area (Å²) in [5.74, 6) is 0.439. The molecule has 0 amide bonds. The zero-order chi connectivity index (χ0) is 15.2. The molecule has 0 spiro atoms. The number of esters is 1. The Morgan fingerprint density at radius 3 is 3.05 bits per heavy atom. The number of nitrogens with zero attached hydrogens (tertiary/aromatic N) is 1. The third-order valence-electron chi connectivity index (χ3n) is 4.15.